The third-order valence-electron chi connectivity index (χ3n) is 5.32. The largest absolute Gasteiger partial charge is 0.389 e. The van der Waals surface area contributed by atoms with Crippen LogP contribution in [0.5, 0.6) is 0 Å². The lowest BCUT2D eigenvalue weighted by molar-refractivity contribution is 0.0332. The number of aryl methyl sites for hydroxylation is 2. The smallest absolute Gasteiger partial charge is 0.259 e. The molecule has 0 aliphatic heterocycles. The summed E-state index contributed by atoms with van der Waals surface area (Å²) in [6.45, 7) is 1.82. The first-order valence-electron chi connectivity index (χ1n) is 10.1. The van der Waals surface area contributed by atoms with Crippen LogP contribution >= 0.6 is 11.3 Å². The first kappa shape index (κ1) is 20.2. The molecule has 2 heterocycles. The number of aromatic amines is 1. The van der Waals surface area contributed by atoms with Crippen LogP contribution in [0.25, 0.3) is 10.2 Å². The second-order valence-electron chi connectivity index (χ2n) is 7.67. The van der Waals surface area contributed by atoms with Crippen molar-refractivity contribution in [3.05, 3.63) is 62.5 Å². The van der Waals surface area contributed by atoms with Gasteiger partial charge in [0.2, 0.25) is 0 Å². The van der Waals surface area contributed by atoms with Gasteiger partial charge in [-0.3, -0.25) is 9.69 Å². The number of benzene rings is 1. The molecule has 1 atom stereocenters. The van der Waals surface area contributed by atoms with Gasteiger partial charge in [0, 0.05) is 25.1 Å². The fourth-order valence-corrected chi connectivity index (χ4v) is 5.35. The zero-order valence-corrected chi connectivity index (χ0v) is 17.5. The van der Waals surface area contributed by atoms with Gasteiger partial charge in [0.05, 0.1) is 24.6 Å². The minimum atomic E-state index is -0.604. The van der Waals surface area contributed by atoms with E-state index in [0.717, 1.165) is 35.0 Å². The molecule has 0 bridgehead atoms. The number of aliphatic hydroxyl groups excluding tert-OH is 1. The number of nitrogens with one attached hydrogen (secondary N) is 1. The van der Waals surface area contributed by atoms with Crippen LogP contribution in [0.15, 0.2) is 35.1 Å². The van der Waals surface area contributed by atoms with Crippen molar-refractivity contribution in [1.29, 1.82) is 0 Å². The zero-order chi connectivity index (χ0) is 20.2. The van der Waals surface area contributed by atoms with Crippen LogP contribution in [-0.2, 0) is 30.7 Å². The van der Waals surface area contributed by atoms with Gasteiger partial charge in [-0.25, -0.2) is 4.98 Å². The summed E-state index contributed by atoms with van der Waals surface area (Å²) in [6.07, 6.45) is 3.75. The zero-order valence-electron chi connectivity index (χ0n) is 16.7. The molecule has 29 heavy (non-hydrogen) atoms. The van der Waals surface area contributed by atoms with Crippen molar-refractivity contribution in [2.45, 2.75) is 44.9 Å². The van der Waals surface area contributed by atoms with E-state index in [1.807, 2.05) is 18.2 Å². The van der Waals surface area contributed by atoms with Crippen LogP contribution in [0, 0.1) is 0 Å². The Labute approximate surface area is 174 Å². The van der Waals surface area contributed by atoms with E-state index in [-0.39, 0.29) is 12.2 Å². The van der Waals surface area contributed by atoms with E-state index in [9.17, 15) is 9.90 Å². The molecular formula is C22H27N3O3S. The average molecular weight is 414 g/mol. The molecule has 1 aromatic carbocycles. The summed E-state index contributed by atoms with van der Waals surface area (Å²) < 4.78 is 5.08. The minimum Gasteiger partial charge on any atom is -0.389 e. The normalized spacial score (nSPS) is 15.0. The Morgan fingerprint density at radius 3 is 2.83 bits per heavy atom. The molecule has 1 aliphatic rings. The van der Waals surface area contributed by atoms with Gasteiger partial charge in [0.15, 0.2) is 0 Å². The second kappa shape index (κ2) is 9.17. The summed E-state index contributed by atoms with van der Waals surface area (Å²) in [5.41, 5.74) is 2.31. The van der Waals surface area contributed by atoms with Crippen LogP contribution in [0.3, 0.4) is 0 Å². The maximum atomic E-state index is 12.8. The van der Waals surface area contributed by atoms with E-state index < -0.39 is 6.10 Å². The highest BCUT2D eigenvalue weighted by molar-refractivity contribution is 7.18. The molecule has 7 heteroatoms. The number of hydrogen-bond donors (Lipinski definition) is 2. The number of ether oxygens (including phenoxy) is 1. The van der Waals surface area contributed by atoms with Crippen molar-refractivity contribution >= 4 is 21.6 Å². The molecule has 2 N–H and O–H groups in total. The molecule has 1 aliphatic carbocycles. The minimum absolute atomic E-state index is 0.0403. The van der Waals surface area contributed by atoms with Crippen molar-refractivity contribution in [3.8, 4) is 0 Å². The standard InChI is InChI=1S/C22H27N3O3S/c1-28-14-16(26)12-25(11-15-7-3-2-4-8-15)13-19-23-21(27)20-17-9-5-6-10-18(17)29-22(20)24-19/h2-4,7-8,16,26H,5-6,9-14H2,1H3,(H,23,24,27)/t16-/m0/s1. The van der Waals surface area contributed by atoms with Crippen LogP contribution in [0.1, 0.15) is 34.7 Å². The monoisotopic (exact) mass is 413 g/mol. The number of thiophene rings is 1. The Hall–Kier alpha value is -2.06. The van der Waals surface area contributed by atoms with Crippen molar-refractivity contribution in [2.24, 2.45) is 0 Å². The van der Waals surface area contributed by atoms with Gasteiger partial charge in [0.1, 0.15) is 10.7 Å². The fourth-order valence-electron chi connectivity index (χ4n) is 4.06. The van der Waals surface area contributed by atoms with Gasteiger partial charge in [-0.2, -0.15) is 0 Å². The summed E-state index contributed by atoms with van der Waals surface area (Å²) in [7, 11) is 1.58. The molecule has 3 aromatic rings. The molecule has 0 saturated heterocycles. The number of aliphatic hydroxyl groups is 1. The summed E-state index contributed by atoms with van der Waals surface area (Å²) in [5.74, 6) is 0.640. The maximum Gasteiger partial charge on any atom is 0.259 e. The summed E-state index contributed by atoms with van der Waals surface area (Å²) >= 11 is 1.66. The Morgan fingerprint density at radius 2 is 2.03 bits per heavy atom. The van der Waals surface area contributed by atoms with Gasteiger partial charge in [-0.05, 0) is 36.8 Å². The highest BCUT2D eigenvalue weighted by Gasteiger charge is 2.21. The number of nitrogens with zero attached hydrogens (tertiary/aromatic N) is 2. The molecule has 0 amide bonds. The second-order valence-corrected chi connectivity index (χ2v) is 8.75. The Balaban J connectivity index is 1.60. The predicted molar refractivity (Wildman–Crippen MR) is 115 cm³/mol. The van der Waals surface area contributed by atoms with Gasteiger partial charge in [-0.1, -0.05) is 30.3 Å². The maximum absolute atomic E-state index is 12.8. The summed E-state index contributed by atoms with van der Waals surface area (Å²) in [4.78, 5) is 24.9. The highest BCUT2D eigenvalue weighted by atomic mass is 32.1. The molecule has 0 spiro atoms. The molecule has 0 saturated carbocycles. The van der Waals surface area contributed by atoms with Gasteiger partial charge < -0.3 is 14.8 Å². The number of fused-ring (bicyclic) bond motifs is 3. The third-order valence-corrected chi connectivity index (χ3v) is 6.51. The molecular weight excluding hydrogens is 386 g/mol. The Kier molecular flexibility index (Phi) is 6.40. The number of aromatic nitrogens is 2. The number of rotatable bonds is 8. The predicted octanol–water partition coefficient (Wildman–Crippen LogP) is 2.87. The summed E-state index contributed by atoms with van der Waals surface area (Å²) in [6, 6.07) is 10.1. The Morgan fingerprint density at radius 1 is 1.24 bits per heavy atom. The van der Waals surface area contributed by atoms with E-state index in [1.165, 1.54) is 16.9 Å². The van der Waals surface area contributed by atoms with Crippen LogP contribution in [0.4, 0.5) is 0 Å². The lowest BCUT2D eigenvalue weighted by atomic mass is 9.97. The quantitative estimate of drug-likeness (QED) is 0.594. The van der Waals surface area contributed by atoms with E-state index >= 15 is 0 Å². The van der Waals surface area contributed by atoms with Crippen LogP contribution in [-0.4, -0.2) is 46.3 Å². The van der Waals surface area contributed by atoms with Gasteiger partial charge in [-0.15, -0.1) is 11.3 Å². The van der Waals surface area contributed by atoms with Crippen LogP contribution in [0.2, 0.25) is 0 Å². The van der Waals surface area contributed by atoms with Crippen molar-refractivity contribution < 1.29 is 9.84 Å². The first-order chi connectivity index (χ1) is 14.1. The molecule has 0 unspecified atom stereocenters. The van der Waals surface area contributed by atoms with Crippen molar-refractivity contribution in [2.75, 3.05) is 20.3 Å². The Bertz CT molecular complexity index is 1020. The van der Waals surface area contributed by atoms with Crippen molar-refractivity contribution in [1.82, 2.24) is 14.9 Å². The fraction of sp³-hybridized carbons (Fsp3) is 0.455. The first-order valence-corrected chi connectivity index (χ1v) is 10.9. The highest BCUT2D eigenvalue weighted by Crippen LogP contribution is 2.33. The molecule has 0 radical (unpaired) electrons. The van der Waals surface area contributed by atoms with Crippen LogP contribution < -0.4 is 5.56 Å². The van der Waals surface area contributed by atoms with Gasteiger partial charge >= 0.3 is 0 Å². The topological polar surface area (TPSA) is 78.5 Å². The lowest BCUT2D eigenvalue weighted by Crippen LogP contribution is -2.35. The number of hydrogen-bond acceptors (Lipinski definition) is 6. The lowest BCUT2D eigenvalue weighted by Gasteiger charge is -2.24. The van der Waals surface area contributed by atoms with E-state index in [4.69, 9.17) is 9.72 Å². The van der Waals surface area contributed by atoms with E-state index in [2.05, 4.69) is 22.0 Å². The number of methoxy groups -OCH3 is 1. The molecule has 154 valence electrons. The number of H-pyrrole nitrogens is 1. The molecule has 2 aromatic heterocycles. The average Bonchev–Trinajstić information content (AvgIpc) is 3.07. The SMILES string of the molecule is COC[C@@H](O)CN(Cc1ccccc1)Cc1nc2sc3c(c2c(=O)[nH]1)CCCC3. The molecule has 6 nitrogen and oxygen atoms in total. The third kappa shape index (κ3) is 4.75. The summed E-state index contributed by atoms with van der Waals surface area (Å²) in [5, 5.41) is 11.0. The molecule has 4 rings (SSSR count). The van der Waals surface area contributed by atoms with Gasteiger partial charge in [0.25, 0.3) is 5.56 Å². The van der Waals surface area contributed by atoms with E-state index in [0.29, 0.717) is 25.5 Å². The van der Waals surface area contributed by atoms with E-state index in [1.54, 1.807) is 18.4 Å². The molecule has 0 fully saturated rings. The van der Waals surface area contributed by atoms with Crippen molar-refractivity contribution in [3.63, 3.8) is 0 Å².